The quantitative estimate of drug-likeness (QED) is 0.838. The number of ether oxygens (including phenoxy) is 1. The maximum Gasteiger partial charge on any atom is 0.250 e. The standard InChI is InChI=1S/C13H13Cl2N3O2S/c1-20-7-12(19)18-11-3-2-8(4-10(11)14)16-5-9-6-17-13(15)21-9/h2-4,6,16H,5,7H2,1H3,(H,18,19). The summed E-state index contributed by atoms with van der Waals surface area (Å²) in [6.45, 7) is 0.596. The summed E-state index contributed by atoms with van der Waals surface area (Å²) in [7, 11) is 1.46. The number of rotatable bonds is 6. The molecule has 2 N–H and O–H groups in total. The lowest BCUT2D eigenvalue weighted by molar-refractivity contribution is -0.119. The number of carbonyl (C=O) groups is 1. The number of halogens is 2. The SMILES string of the molecule is COCC(=O)Nc1ccc(NCc2cnc(Cl)s2)cc1Cl. The normalized spacial score (nSPS) is 10.4. The summed E-state index contributed by atoms with van der Waals surface area (Å²) in [6.07, 6.45) is 1.72. The highest BCUT2D eigenvalue weighted by Gasteiger charge is 2.07. The Kier molecular flexibility index (Phi) is 5.81. The summed E-state index contributed by atoms with van der Waals surface area (Å²) < 4.78 is 5.26. The Morgan fingerprint density at radius 3 is 2.86 bits per heavy atom. The van der Waals surface area contributed by atoms with Crippen LogP contribution in [-0.2, 0) is 16.1 Å². The second-order valence-corrected chi connectivity index (χ2v) is 6.21. The van der Waals surface area contributed by atoms with E-state index in [9.17, 15) is 4.79 Å². The van der Waals surface area contributed by atoms with Crippen molar-refractivity contribution in [3.05, 3.63) is 38.8 Å². The second-order valence-electron chi connectivity index (χ2n) is 4.11. The van der Waals surface area contributed by atoms with E-state index in [-0.39, 0.29) is 12.5 Å². The number of methoxy groups -OCH3 is 1. The van der Waals surface area contributed by atoms with Crippen LogP contribution in [-0.4, -0.2) is 24.6 Å². The first-order valence-corrected chi connectivity index (χ1v) is 7.58. The van der Waals surface area contributed by atoms with E-state index in [0.29, 0.717) is 21.7 Å². The minimum absolute atomic E-state index is 0.0114. The van der Waals surface area contributed by atoms with E-state index < -0.39 is 0 Å². The Balaban J connectivity index is 1.96. The number of nitrogens with one attached hydrogen (secondary N) is 2. The van der Waals surface area contributed by atoms with Crippen LogP contribution in [0.4, 0.5) is 11.4 Å². The van der Waals surface area contributed by atoms with Crippen molar-refractivity contribution < 1.29 is 9.53 Å². The molecule has 0 radical (unpaired) electrons. The molecule has 0 aliphatic carbocycles. The zero-order valence-corrected chi connectivity index (χ0v) is 13.5. The van der Waals surface area contributed by atoms with E-state index in [1.54, 1.807) is 18.3 Å². The van der Waals surface area contributed by atoms with Gasteiger partial charge in [0, 0.05) is 23.9 Å². The maximum absolute atomic E-state index is 11.4. The molecule has 21 heavy (non-hydrogen) atoms. The first-order valence-electron chi connectivity index (χ1n) is 6.01. The Labute approximate surface area is 136 Å². The fraction of sp³-hybridized carbons (Fsp3) is 0.231. The number of amides is 1. The van der Waals surface area contributed by atoms with Crippen molar-refractivity contribution in [2.45, 2.75) is 6.54 Å². The highest BCUT2D eigenvalue weighted by atomic mass is 35.5. The van der Waals surface area contributed by atoms with Gasteiger partial charge in [-0.25, -0.2) is 4.98 Å². The van der Waals surface area contributed by atoms with Crippen LogP contribution in [0, 0.1) is 0 Å². The molecule has 1 aromatic heterocycles. The molecular weight excluding hydrogens is 333 g/mol. The number of hydrogen-bond acceptors (Lipinski definition) is 5. The molecule has 2 aromatic rings. The predicted molar refractivity (Wildman–Crippen MR) is 86.4 cm³/mol. The van der Waals surface area contributed by atoms with Gasteiger partial charge in [-0.2, -0.15) is 0 Å². The summed E-state index contributed by atoms with van der Waals surface area (Å²) in [6, 6.07) is 5.31. The molecular formula is C13H13Cl2N3O2S. The molecule has 0 atom stereocenters. The third-order valence-electron chi connectivity index (χ3n) is 2.51. The van der Waals surface area contributed by atoms with Crippen LogP contribution in [0.25, 0.3) is 0 Å². The summed E-state index contributed by atoms with van der Waals surface area (Å²) in [4.78, 5) is 16.4. The van der Waals surface area contributed by atoms with Crippen molar-refractivity contribution in [3.63, 3.8) is 0 Å². The second kappa shape index (κ2) is 7.61. The molecule has 0 saturated heterocycles. The number of hydrogen-bond donors (Lipinski definition) is 2. The van der Waals surface area contributed by atoms with Gasteiger partial charge in [0.05, 0.1) is 17.3 Å². The zero-order valence-electron chi connectivity index (χ0n) is 11.2. The monoisotopic (exact) mass is 345 g/mol. The van der Waals surface area contributed by atoms with Crippen molar-refractivity contribution in [1.29, 1.82) is 0 Å². The van der Waals surface area contributed by atoms with Gasteiger partial charge < -0.3 is 15.4 Å². The fourth-order valence-electron chi connectivity index (χ4n) is 1.60. The summed E-state index contributed by atoms with van der Waals surface area (Å²) in [5, 5.41) is 6.33. The van der Waals surface area contributed by atoms with Crippen LogP contribution in [0.5, 0.6) is 0 Å². The molecule has 1 aromatic carbocycles. The van der Waals surface area contributed by atoms with Crippen molar-refractivity contribution in [2.24, 2.45) is 0 Å². The van der Waals surface area contributed by atoms with Crippen molar-refractivity contribution in [1.82, 2.24) is 4.98 Å². The lowest BCUT2D eigenvalue weighted by Crippen LogP contribution is -2.17. The molecule has 5 nitrogen and oxygen atoms in total. The summed E-state index contributed by atoms with van der Waals surface area (Å²) >= 11 is 13.3. The number of anilines is 2. The van der Waals surface area contributed by atoms with E-state index >= 15 is 0 Å². The fourth-order valence-corrected chi connectivity index (χ4v) is 2.74. The van der Waals surface area contributed by atoms with Gasteiger partial charge in [0.25, 0.3) is 0 Å². The van der Waals surface area contributed by atoms with Gasteiger partial charge >= 0.3 is 0 Å². The zero-order chi connectivity index (χ0) is 15.2. The van der Waals surface area contributed by atoms with Crippen LogP contribution in [0.3, 0.4) is 0 Å². The average molecular weight is 346 g/mol. The lowest BCUT2D eigenvalue weighted by atomic mass is 10.2. The van der Waals surface area contributed by atoms with Gasteiger partial charge in [0.1, 0.15) is 6.61 Å². The van der Waals surface area contributed by atoms with Crippen LogP contribution < -0.4 is 10.6 Å². The Morgan fingerprint density at radius 2 is 2.24 bits per heavy atom. The van der Waals surface area contributed by atoms with Gasteiger partial charge in [-0.05, 0) is 18.2 Å². The summed E-state index contributed by atoms with van der Waals surface area (Å²) in [5.74, 6) is -0.251. The number of nitrogens with zero attached hydrogens (tertiary/aromatic N) is 1. The van der Waals surface area contributed by atoms with E-state index in [1.807, 2.05) is 6.07 Å². The maximum atomic E-state index is 11.4. The van der Waals surface area contributed by atoms with E-state index in [4.69, 9.17) is 27.9 Å². The summed E-state index contributed by atoms with van der Waals surface area (Å²) in [5.41, 5.74) is 1.39. The highest BCUT2D eigenvalue weighted by Crippen LogP contribution is 2.26. The molecule has 0 aliphatic heterocycles. The molecule has 1 amide bonds. The van der Waals surface area contributed by atoms with Crippen molar-refractivity contribution in [3.8, 4) is 0 Å². The smallest absolute Gasteiger partial charge is 0.250 e. The van der Waals surface area contributed by atoms with Gasteiger partial charge in [0.2, 0.25) is 5.91 Å². The van der Waals surface area contributed by atoms with Crippen LogP contribution in [0.1, 0.15) is 4.88 Å². The molecule has 0 bridgehead atoms. The molecule has 0 unspecified atom stereocenters. The molecule has 0 fully saturated rings. The van der Waals surface area contributed by atoms with E-state index in [1.165, 1.54) is 18.4 Å². The third-order valence-corrected chi connectivity index (χ3v) is 3.94. The van der Waals surface area contributed by atoms with E-state index in [2.05, 4.69) is 15.6 Å². The topological polar surface area (TPSA) is 63.2 Å². The van der Waals surface area contributed by atoms with Crippen LogP contribution in [0.15, 0.2) is 24.4 Å². The molecule has 8 heteroatoms. The average Bonchev–Trinajstić information content (AvgIpc) is 2.85. The van der Waals surface area contributed by atoms with Crippen LogP contribution in [0.2, 0.25) is 9.49 Å². The van der Waals surface area contributed by atoms with Gasteiger partial charge in [-0.1, -0.05) is 23.2 Å². The molecule has 0 aliphatic rings. The van der Waals surface area contributed by atoms with Gasteiger partial charge in [-0.3, -0.25) is 4.79 Å². The molecule has 2 rings (SSSR count). The minimum Gasteiger partial charge on any atom is -0.380 e. The number of aromatic nitrogens is 1. The first kappa shape index (κ1) is 16.0. The molecule has 0 spiro atoms. The minimum atomic E-state index is -0.251. The van der Waals surface area contributed by atoms with Crippen molar-refractivity contribution >= 4 is 51.8 Å². The van der Waals surface area contributed by atoms with Gasteiger partial charge in [-0.15, -0.1) is 11.3 Å². The Hall–Kier alpha value is -1.34. The van der Waals surface area contributed by atoms with Gasteiger partial charge in [0.15, 0.2) is 4.47 Å². The number of thiazole rings is 1. The van der Waals surface area contributed by atoms with Crippen LogP contribution >= 0.6 is 34.5 Å². The van der Waals surface area contributed by atoms with E-state index in [0.717, 1.165) is 10.6 Å². The Bertz CT molecular complexity index is 634. The first-order chi connectivity index (χ1) is 10.1. The molecule has 1 heterocycles. The Morgan fingerprint density at radius 1 is 1.43 bits per heavy atom. The molecule has 0 saturated carbocycles. The lowest BCUT2D eigenvalue weighted by Gasteiger charge is -2.10. The number of carbonyl (C=O) groups excluding carboxylic acids is 1. The highest BCUT2D eigenvalue weighted by molar-refractivity contribution is 7.15. The third kappa shape index (κ3) is 4.86. The largest absolute Gasteiger partial charge is 0.380 e. The number of benzene rings is 1. The van der Waals surface area contributed by atoms with Crippen molar-refractivity contribution in [2.75, 3.05) is 24.4 Å². The predicted octanol–water partition coefficient (Wildman–Crippen LogP) is 3.65. The molecule has 112 valence electrons.